The molecule has 0 atom stereocenters. The van der Waals surface area contributed by atoms with E-state index < -0.39 is 0 Å². The summed E-state index contributed by atoms with van der Waals surface area (Å²) in [6.45, 7) is 0. The second kappa shape index (κ2) is 5.23. The van der Waals surface area contributed by atoms with E-state index in [0.717, 1.165) is 16.9 Å². The Morgan fingerprint density at radius 2 is 1.67 bits per heavy atom. The first kappa shape index (κ1) is 12.0. The van der Waals surface area contributed by atoms with Gasteiger partial charge in [-0.15, -0.1) is 0 Å². The predicted octanol–water partition coefficient (Wildman–Crippen LogP) is 2.61. The molecule has 4 nitrogen and oxygen atoms in total. The van der Waals surface area contributed by atoms with Gasteiger partial charge < -0.3 is 16.2 Å². The zero-order chi connectivity index (χ0) is 13.0. The van der Waals surface area contributed by atoms with Crippen LogP contribution in [0.2, 0.25) is 0 Å². The SMILES string of the molecule is COc1cc(N)ccc1N=Cc1ccc(N)cc1. The molecule has 92 valence electrons. The van der Waals surface area contributed by atoms with Gasteiger partial charge in [-0.05, 0) is 29.8 Å². The number of methoxy groups -OCH3 is 1. The minimum Gasteiger partial charge on any atom is -0.494 e. The average molecular weight is 241 g/mol. The van der Waals surface area contributed by atoms with Crippen LogP contribution in [0.3, 0.4) is 0 Å². The minimum absolute atomic E-state index is 0.651. The van der Waals surface area contributed by atoms with Crippen molar-refractivity contribution in [3.8, 4) is 5.75 Å². The second-order valence-electron chi connectivity index (χ2n) is 3.86. The zero-order valence-electron chi connectivity index (χ0n) is 10.1. The van der Waals surface area contributed by atoms with Crippen LogP contribution in [0.15, 0.2) is 47.5 Å². The molecule has 2 rings (SSSR count). The Morgan fingerprint density at radius 3 is 2.33 bits per heavy atom. The van der Waals surface area contributed by atoms with E-state index in [0.29, 0.717) is 11.4 Å². The number of ether oxygens (including phenoxy) is 1. The highest BCUT2D eigenvalue weighted by Gasteiger charge is 2.00. The van der Waals surface area contributed by atoms with E-state index in [1.165, 1.54) is 0 Å². The summed E-state index contributed by atoms with van der Waals surface area (Å²) in [4.78, 5) is 4.37. The lowest BCUT2D eigenvalue weighted by Gasteiger charge is -2.04. The maximum absolute atomic E-state index is 5.68. The molecule has 0 aliphatic carbocycles. The number of hydrogen-bond acceptors (Lipinski definition) is 4. The Labute approximate surface area is 106 Å². The molecule has 0 heterocycles. The number of benzene rings is 2. The fourth-order valence-corrected chi connectivity index (χ4v) is 1.53. The summed E-state index contributed by atoms with van der Waals surface area (Å²) in [5.74, 6) is 0.654. The van der Waals surface area contributed by atoms with Crippen molar-refractivity contribution in [1.82, 2.24) is 0 Å². The molecule has 0 aliphatic rings. The van der Waals surface area contributed by atoms with Gasteiger partial charge in [0.05, 0.1) is 7.11 Å². The molecular formula is C14H15N3O. The molecule has 2 aromatic rings. The Hall–Kier alpha value is -2.49. The number of rotatable bonds is 3. The first-order chi connectivity index (χ1) is 8.69. The van der Waals surface area contributed by atoms with E-state index >= 15 is 0 Å². The molecule has 0 radical (unpaired) electrons. The lowest BCUT2D eigenvalue weighted by molar-refractivity contribution is 0.416. The van der Waals surface area contributed by atoms with E-state index in [4.69, 9.17) is 16.2 Å². The summed E-state index contributed by atoms with van der Waals surface area (Å²) >= 11 is 0. The quantitative estimate of drug-likeness (QED) is 0.640. The summed E-state index contributed by atoms with van der Waals surface area (Å²) in [6.07, 6.45) is 1.76. The van der Waals surface area contributed by atoms with Crippen molar-refractivity contribution < 1.29 is 4.74 Å². The monoisotopic (exact) mass is 241 g/mol. The van der Waals surface area contributed by atoms with Crippen LogP contribution < -0.4 is 16.2 Å². The molecule has 0 spiro atoms. The Morgan fingerprint density at radius 1 is 1.00 bits per heavy atom. The third-order valence-corrected chi connectivity index (χ3v) is 2.49. The van der Waals surface area contributed by atoms with Crippen molar-refractivity contribution in [3.63, 3.8) is 0 Å². The summed E-state index contributed by atoms with van der Waals surface area (Å²) in [7, 11) is 1.59. The summed E-state index contributed by atoms with van der Waals surface area (Å²) in [6, 6.07) is 12.8. The fraction of sp³-hybridized carbons (Fsp3) is 0.0714. The molecule has 0 amide bonds. The lowest BCUT2D eigenvalue weighted by atomic mass is 10.2. The van der Waals surface area contributed by atoms with Crippen LogP contribution in [0.1, 0.15) is 5.56 Å². The third kappa shape index (κ3) is 2.79. The molecule has 18 heavy (non-hydrogen) atoms. The predicted molar refractivity (Wildman–Crippen MR) is 75.5 cm³/mol. The molecule has 0 bridgehead atoms. The highest BCUT2D eigenvalue weighted by Crippen LogP contribution is 2.29. The molecule has 0 fully saturated rings. The van der Waals surface area contributed by atoms with Gasteiger partial charge in [-0.2, -0.15) is 0 Å². The molecular weight excluding hydrogens is 226 g/mol. The van der Waals surface area contributed by atoms with Crippen molar-refractivity contribution in [3.05, 3.63) is 48.0 Å². The van der Waals surface area contributed by atoms with Gasteiger partial charge in [0, 0.05) is 23.7 Å². The molecule has 0 unspecified atom stereocenters. The molecule has 0 aromatic heterocycles. The van der Waals surface area contributed by atoms with Gasteiger partial charge >= 0.3 is 0 Å². The van der Waals surface area contributed by atoms with Gasteiger partial charge in [-0.25, -0.2) is 0 Å². The Balaban J connectivity index is 2.25. The fourth-order valence-electron chi connectivity index (χ4n) is 1.53. The first-order valence-corrected chi connectivity index (χ1v) is 5.52. The second-order valence-corrected chi connectivity index (χ2v) is 3.86. The first-order valence-electron chi connectivity index (χ1n) is 5.52. The number of hydrogen-bond donors (Lipinski definition) is 2. The zero-order valence-corrected chi connectivity index (χ0v) is 10.1. The van der Waals surface area contributed by atoms with Crippen molar-refractivity contribution in [1.29, 1.82) is 0 Å². The maximum atomic E-state index is 5.68. The number of aliphatic imine (C=N–C) groups is 1. The number of anilines is 2. The van der Waals surface area contributed by atoms with Gasteiger partial charge in [0.25, 0.3) is 0 Å². The molecule has 4 N–H and O–H groups in total. The Bertz CT molecular complexity index is 562. The molecule has 4 heteroatoms. The maximum Gasteiger partial charge on any atom is 0.146 e. The van der Waals surface area contributed by atoms with Gasteiger partial charge in [0.1, 0.15) is 11.4 Å². The van der Waals surface area contributed by atoms with Crippen molar-refractivity contribution in [2.45, 2.75) is 0 Å². The normalized spacial score (nSPS) is 10.7. The van der Waals surface area contributed by atoms with E-state index in [9.17, 15) is 0 Å². The lowest BCUT2D eigenvalue weighted by Crippen LogP contribution is -1.89. The largest absolute Gasteiger partial charge is 0.494 e. The topological polar surface area (TPSA) is 73.6 Å². The van der Waals surface area contributed by atoms with Gasteiger partial charge in [-0.1, -0.05) is 12.1 Å². The molecule has 0 saturated heterocycles. The number of nitrogens with zero attached hydrogens (tertiary/aromatic N) is 1. The summed E-state index contributed by atoms with van der Waals surface area (Å²) in [5.41, 5.74) is 14.4. The van der Waals surface area contributed by atoms with Crippen molar-refractivity contribution in [2.75, 3.05) is 18.6 Å². The average Bonchev–Trinajstić information content (AvgIpc) is 2.39. The molecule has 2 aromatic carbocycles. The third-order valence-electron chi connectivity index (χ3n) is 2.49. The van der Waals surface area contributed by atoms with Crippen molar-refractivity contribution in [2.24, 2.45) is 4.99 Å². The van der Waals surface area contributed by atoms with Gasteiger partial charge in [0.15, 0.2) is 0 Å². The minimum atomic E-state index is 0.651. The van der Waals surface area contributed by atoms with E-state index in [1.54, 1.807) is 25.5 Å². The van der Waals surface area contributed by atoms with E-state index in [1.807, 2.05) is 30.3 Å². The van der Waals surface area contributed by atoms with Gasteiger partial charge in [0.2, 0.25) is 0 Å². The van der Waals surface area contributed by atoms with Crippen LogP contribution in [0.4, 0.5) is 17.1 Å². The van der Waals surface area contributed by atoms with Crippen LogP contribution in [-0.4, -0.2) is 13.3 Å². The smallest absolute Gasteiger partial charge is 0.146 e. The van der Waals surface area contributed by atoms with E-state index in [2.05, 4.69) is 4.99 Å². The van der Waals surface area contributed by atoms with Crippen LogP contribution in [0, 0.1) is 0 Å². The highest BCUT2D eigenvalue weighted by molar-refractivity contribution is 5.83. The summed E-state index contributed by atoms with van der Waals surface area (Å²) < 4.78 is 5.22. The van der Waals surface area contributed by atoms with Crippen LogP contribution in [0.5, 0.6) is 5.75 Å². The van der Waals surface area contributed by atoms with E-state index in [-0.39, 0.29) is 0 Å². The van der Waals surface area contributed by atoms with Crippen molar-refractivity contribution >= 4 is 23.3 Å². The number of nitrogens with two attached hydrogens (primary N) is 2. The molecule has 0 saturated carbocycles. The van der Waals surface area contributed by atoms with Crippen LogP contribution >= 0.6 is 0 Å². The standard InChI is InChI=1S/C14H15N3O/c1-18-14-8-12(16)6-7-13(14)17-9-10-2-4-11(15)5-3-10/h2-9H,15-16H2,1H3. The Kier molecular flexibility index (Phi) is 3.48. The van der Waals surface area contributed by atoms with Crippen LogP contribution in [0.25, 0.3) is 0 Å². The number of nitrogen functional groups attached to an aromatic ring is 2. The van der Waals surface area contributed by atoms with Gasteiger partial charge in [-0.3, -0.25) is 4.99 Å². The highest BCUT2D eigenvalue weighted by atomic mass is 16.5. The van der Waals surface area contributed by atoms with Crippen LogP contribution in [-0.2, 0) is 0 Å². The summed E-state index contributed by atoms with van der Waals surface area (Å²) in [5, 5.41) is 0. The molecule has 0 aliphatic heterocycles.